The van der Waals surface area contributed by atoms with E-state index in [0.717, 1.165) is 19.5 Å². The van der Waals surface area contributed by atoms with Crippen molar-refractivity contribution in [2.24, 2.45) is 0 Å². The van der Waals surface area contributed by atoms with Crippen LogP contribution in [0.3, 0.4) is 0 Å². The number of aromatic nitrogens is 2. The normalized spacial score (nSPS) is 16.8. The van der Waals surface area contributed by atoms with E-state index in [1.165, 1.54) is 15.9 Å². The molecule has 1 N–H and O–H groups in total. The van der Waals surface area contributed by atoms with Gasteiger partial charge >= 0.3 is 0 Å². The van der Waals surface area contributed by atoms with Crippen LogP contribution in [0.25, 0.3) is 0 Å². The summed E-state index contributed by atoms with van der Waals surface area (Å²) in [6, 6.07) is 0. The van der Waals surface area contributed by atoms with E-state index in [0.29, 0.717) is 0 Å². The number of nitrogens with zero attached hydrogens (tertiary/aromatic N) is 2. The summed E-state index contributed by atoms with van der Waals surface area (Å²) in [7, 11) is 5.54. The molecule has 10 heavy (non-hydrogen) atoms. The van der Waals surface area contributed by atoms with Crippen LogP contribution in [0.15, 0.2) is 6.20 Å². The van der Waals surface area contributed by atoms with Crippen molar-refractivity contribution in [1.82, 2.24) is 15.0 Å². The Morgan fingerprint density at radius 3 is 3.40 bits per heavy atom. The summed E-state index contributed by atoms with van der Waals surface area (Å²) in [6.45, 7) is 1.92. The monoisotopic (exact) mass is 133 g/mol. The Kier molecular flexibility index (Phi) is 1.27. The van der Waals surface area contributed by atoms with E-state index in [-0.39, 0.29) is 0 Å². The highest BCUT2D eigenvalue weighted by molar-refractivity contribution is 6.06. The summed E-state index contributed by atoms with van der Waals surface area (Å²) in [5.41, 5.74) is 2.40. The fourth-order valence-corrected chi connectivity index (χ4v) is 1.28. The van der Waals surface area contributed by atoms with Gasteiger partial charge in [-0.15, -0.1) is 0 Å². The molecule has 0 amide bonds. The van der Waals surface area contributed by atoms with Crippen LogP contribution in [0.2, 0.25) is 0 Å². The second-order valence-electron chi connectivity index (χ2n) is 2.49. The second kappa shape index (κ2) is 2.13. The highest BCUT2D eigenvalue weighted by atomic mass is 15.2. The molecular formula is C6H8BN3. The highest BCUT2D eigenvalue weighted by Gasteiger charge is 2.10. The van der Waals surface area contributed by atoms with Crippen LogP contribution in [-0.4, -0.2) is 24.2 Å². The van der Waals surface area contributed by atoms with Crippen molar-refractivity contribution in [3.8, 4) is 0 Å². The molecule has 1 aromatic rings. The lowest BCUT2D eigenvalue weighted by atomic mass is 10.1. The third kappa shape index (κ3) is 0.760. The third-order valence-electron chi connectivity index (χ3n) is 1.84. The van der Waals surface area contributed by atoms with E-state index < -0.39 is 0 Å². The first-order chi connectivity index (χ1) is 4.88. The fourth-order valence-electron chi connectivity index (χ4n) is 1.28. The summed E-state index contributed by atoms with van der Waals surface area (Å²) in [5, 5.41) is 7.20. The first kappa shape index (κ1) is 5.98. The molecule has 2 rings (SSSR count). The molecule has 0 saturated heterocycles. The molecule has 2 heterocycles. The average molecular weight is 133 g/mol. The van der Waals surface area contributed by atoms with Gasteiger partial charge in [0.05, 0.1) is 6.20 Å². The van der Waals surface area contributed by atoms with Crippen LogP contribution < -0.4 is 5.32 Å². The average Bonchev–Trinajstić information content (AvgIpc) is 2.34. The Morgan fingerprint density at radius 1 is 1.70 bits per heavy atom. The van der Waals surface area contributed by atoms with Gasteiger partial charge in [-0.3, -0.25) is 0 Å². The van der Waals surface area contributed by atoms with E-state index in [9.17, 15) is 0 Å². The van der Waals surface area contributed by atoms with Gasteiger partial charge in [0, 0.05) is 30.8 Å². The number of hydrogen-bond donors (Lipinski definition) is 1. The second-order valence-corrected chi connectivity index (χ2v) is 2.49. The maximum Gasteiger partial charge on any atom is 0.264 e. The van der Waals surface area contributed by atoms with Gasteiger partial charge in [-0.1, -0.05) is 0 Å². The lowest BCUT2D eigenvalue weighted by Crippen LogP contribution is -2.24. The minimum atomic E-state index is 0.909. The predicted molar refractivity (Wildman–Crippen MR) is 38.8 cm³/mol. The SMILES string of the molecule is [B]n1ncc2c1CCNC2. The third-order valence-corrected chi connectivity index (χ3v) is 1.84. The molecule has 0 unspecified atom stereocenters. The molecule has 0 spiro atoms. The Labute approximate surface area is 60.9 Å². The van der Waals surface area contributed by atoms with Gasteiger partial charge in [0.1, 0.15) is 0 Å². The Balaban J connectivity index is 2.45. The van der Waals surface area contributed by atoms with E-state index in [1.54, 1.807) is 0 Å². The van der Waals surface area contributed by atoms with Gasteiger partial charge in [-0.2, -0.15) is 5.10 Å². The first-order valence-corrected chi connectivity index (χ1v) is 3.39. The number of fused-ring (bicyclic) bond motifs is 1. The van der Waals surface area contributed by atoms with Crippen molar-refractivity contribution >= 4 is 7.98 Å². The summed E-state index contributed by atoms with van der Waals surface area (Å²) in [6.07, 6.45) is 2.81. The van der Waals surface area contributed by atoms with Crippen molar-refractivity contribution in [2.45, 2.75) is 13.0 Å². The zero-order valence-corrected chi connectivity index (χ0v) is 5.67. The van der Waals surface area contributed by atoms with Gasteiger partial charge in [-0.05, 0) is 0 Å². The van der Waals surface area contributed by atoms with Crippen LogP contribution >= 0.6 is 0 Å². The molecular weight excluding hydrogens is 125 g/mol. The molecule has 1 aliphatic rings. The van der Waals surface area contributed by atoms with E-state index >= 15 is 0 Å². The van der Waals surface area contributed by atoms with E-state index in [1.807, 2.05) is 6.20 Å². The summed E-state index contributed by atoms with van der Waals surface area (Å²) in [5.74, 6) is 0. The molecule has 1 aliphatic heterocycles. The molecule has 1 aromatic heterocycles. The van der Waals surface area contributed by atoms with Crippen molar-refractivity contribution < 1.29 is 0 Å². The molecule has 3 nitrogen and oxygen atoms in total. The van der Waals surface area contributed by atoms with E-state index in [4.69, 9.17) is 7.98 Å². The van der Waals surface area contributed by atoms with Crippen molar-refractivity contribution in [1.29, 1.82) is 0 Å². The lowest BCUT2D eigenvalue weighted by molar-refractivity contribution is 0.631. The smallest absolute Gasteiger partial charge is 0.264 e. The molecule has 0 aromatic carbocycles. The molecule has 0 saturated carbocycles. The van der Waals surface area contributed by atoms with Gasteiger partial charge in [-0.25, -0.2) is 0 Å². The minimum absolute atomic E-state index is 0.909. The molecule has 0 bridgehead atoms. The Bertz CT molecular complexity index is 243. The molecule has 4 heteroatoms. The zero-order chi connectivity index (χ0) is 6.97. The largest absolute Gasteiger partial charge is 0.328 e. The van der Waals surface area contributed by atoms with Crippen LogP contribution in [-0.2, 0) is 13.0 Å². The molecule has 50 valence electrons. The van der Waals surface area contributed by atoms with E-state index in [2.05, 4.69) is 10.4 Å². The van der Waals surface area contributed by atoms with Crippen LogP contribution in [0.1, 0.15) is 11.3 Å². The lowest BCUT2D eigenvalue weighted by Gasteiger charge is -2.13. The number of hydrogen-bond acceptors (Lipinski definition) is 2. The Hall–Kier alpha value is -0.765. The molecule has 2 radical (unpaired) electrons. The molecule has 0 fully saturated rings. The zero-order valence-electron chi connectivity index (χ0n) is 5.67. The maximum absolute atomic E-state index is 5.54. The predicted octanol–water partition coefficient (Wildman–Crippen LogP) is -0.540. The first-order valence-electron chi connectivity index (χ1n) is 3.39. The van der Waals surface area contributed by atoms with Crippen molar-refractivity contribution in [2.75, 3.05) is 6.54 Å². The maximum atomic E-state index is 5.54. The Morgan fingerprint density at radius 2 is 2.60 bits per heavy atom. The van der Waals surface area contributed by atoms with Gasteiger partial charge in [0.25, 0.3) is 7.98 Å². The van der Waals surface area contributed by atoms with Crippen LogP contribution in [0.4, 0.5) is 0 Å². The van der Waals surface area contributed by atoms with Gasteiger partial charge < -0.3 is 9.91 Å². The molecule has 0 atom stereocenters. The summed E-state index contributed by atoms with van der Waals surface area (Å²) < 4.78 is 1.47. The summed E-state index contributed by atoms with van der Waals surface area (Å²) in [4.78, 5) is 0. The summed E-state index contributed by atoms with van der Waals surface area (Å²) >= 11 is 0. The molecule has 0 aliphatic carbocycles. The van der Waals surface area contributed by atoms with Gasteiger partial charge in [0.2, 0.25) is 0 Å². The fraction of sp³-hybridized carbons (Fsp3) is 0.500. The topological polar surface area (TPSA) is 29.9 Å². The minimum Gasteiger partial charge on any atom is -0.328 e. The van der Waals surface area contributed by atoms with Crippen molar-refractivity contribution in [3.05, 3.63) is 17.5 Å². The standard InChI is InChI=1S/C6H8BN3/c7-10-6-1-2-8-3-5(6)4-9-10/h4,8H,1-3H2. The number of rotatable bonds is 0. The quantitative estimate of drug-likeness (QED) is 0.481. The van der Waals surface area contributed by atoms with Crippen molar-refractivity contribution in [3.63, 3.8) is 0 Å². The highest BCUT2D eigenvalue weighted by Crippen LogP contribution is 2.10. The van der Waals surface area contributed by atoms with Gasteiger partial charge in [0.15, 0.2) is 0 Å². The van der Waals surface area contributed by atoms with Crippen LogP contribution in [0, 0.1) is 0 Å². The number of nitrogens with one attached hydrogen (secondary N) is 1. The van der Waals surface area contributed by atoms with Crippen LogP contribution in [0.5, 0.6) is 0 Å².